The molecule has 0 unspecified atom stereocenters. The molecule has 0 spiro atoms. The number of hydrogen-bond donors (Lipinski definition) is 1. The van der Waals surface area contributed by atoms with Crippen LogP contribution in [0.4, 0.5) is 0 Å². The number of hydrogen-bond acceptors (Lipinski definition) is 5. The summed E-state index contributed by atoms with van der Waals surface area (Å²) >= 11 is 0. The van der Waals surface area contributed by atoms with Crippen molar-refractivity contribution in [1.29, 1.82) is 0 Å². The molecule has 32 heavy (non-hydrogen) atoms. The predicted molar refractivity (Wildman–Crippen MR) is 124 cm³/mol. The number of unbranched alkanes of at least 4 members (excludes halogenated alkanes) is 2. The highest BCUT2D eigenvalue weighted by molar-refractivity contribution is 5.78. The summed E-state index contributed by atoms with van der Waals surface area (Å²) in [6.07, 6.45) is 8.19. The van der Waals surface area contributed by atoms with E-state index in [1.807, 2.05) is 71.8 Å². The van der Waals surface area contributed by atoms with E-state index in [0.29, 0.717) is 12.4 Å². The molecule has 0 aliphatic rings. The van der Waals surface area contributed by atoms with Gasteiger partial charge in [-0.1, -0.05) is 50.1 Å². The first-order valence-electron chi connectivity index (χ1n) is 11.2. The summed E-state index contributed by atoms with van der Waals surface area (Å²) in [4.78, 5) is 17.7. The van der Waals surface area contributed by atoms with Crippen LogP contribution in [0.5, 0.6) is 0 Å². The van der Waals surface area contributed by atoms with E-state index >= 15 is 0 Å². The number of aromatic amines is 1. The van der Waals surface area contributed by atoms with Gasteiger partial charge in [0.05, 0.1) is 12.2 Å². The van der Waals surface area contributed by atoms with Crippen molar-refractivity contribution in [3.63, 3.8) is 0 Å². The molecule has 0 aliphatic carbocycles. The second-order valence-corrected chi connectivity index (χ2v) is 8.29. The van der Waals surface area contributed by atoms with Crippen molar-refractivity contribution in [3.05, 3.63) is 70.5 Å². The Morgan fingerprint density at radius 1 is 1.06 bits per heavy atom. The summed E-state index contributed by atoms with van der Waals surface area (Å²) < 4.78 is 3.71. The number of rotatable bonds is 9. The molecule has 8 nitrogen and oxygen atoms in total. The van der Waals surface area contributed by atoms with Gasteiger partial charge in [-0.3, -0.25) is 14.1 Å². The minimum absolute atomic E-state index is 0.0405. The lowest BCUT2D eigenvalue weighted by Gasteiger charge is -2.09. The molecule has 166 valence electrons. The van der Waals surface area contributed by atoms with E-state index < -0.39 is 0 Å². The molecule has 4 aromatic rings. The fraction of sp³-hybridized carbons (Fsp3) is 0.375. The van der Waals surface area contributed by atoms with Crippen LogP contribution >= 0.6 is 0 Å². The van der Waals surface area contributed by atoms with Crippen molar-refractivity contribution in [2.24, 2.45) is 0 Å². The Bertz CT molecular complexity index is 1200. The van der Waals surface area contributed by atoms with E-state index in [4.69, 9.17) is 0 Å². The number of benzene rings is 1. The van der Waals surface area contributed by atoms with Gasteiger partial charge >= 0.3 is 5.69 Å². The Balaban J connectivity index is 1.61. The van der Waals surface area contributed by atoms with Gasteiger partial charge in [0.25, 0.3) is 0 Å². The van der Waals surface area contributed by atoms with Gasteiger partial charge in [-0.15, -0.1) is 5.10 Å². The summed E-state index contributed by atoms with van der Waals surface area (Å²) in [5.74, 6) is 0.602. The fourth-order valence-corrected chi connectivity index (χ4v) is 3.89. The number of tetrazole rings is 1. The molecule has 0 saturated carbocycles. The zero-order valence-electron chi connectivity index (χ0n) is 18.8. The molecule has 0 bridgehead atoms. The van der Waals surface area contributed by atoms with Crippen molar-refractivity contribution in [2.45, 2.75) is 59.0 Å². The average molecular weight is 432 g/mol. The van der Waals surface area contributed by atoms with Gasteiger partial charge in [0.1, 0.15) is 0 Å². The molecule has 1 N–H and O–H groups in total. The molecule has 0 amide bonds. The second-order valence-electron chi connectivity index (χ2n) is 8.29. The first-order chi connectivity index (χ1) is 15.6. The Kier molecular flexibility index (Phi) is 6.58. The monoisotopic (exact) mass is 431 g/mol. The Labute approximate surface area is 187 Å². The van der Waals surface area contributed by atoms with E-state index in [-0.39, 0.29) is 11.7 Å². The Morgan fingerprint density at radius 3 is 2.53 bits per heavy atom. The lowest BCUT2D eigenvalue weighted by Crippen LogP contribution is -2.26. The lowest BCUT2D eigenvalue weighted by molar-refractivity contribution is 0.559. The molecule has 0 atom stereocenters. The highest BCUT2D eigenvalue weighted by Crippen LogP contribution is 2.28. The van der Waals surface area contributed by atoms with Crippen LogP contribution in [0.1, 0.15) is 57.3 Å². The minimum atomic E-state index is 0.0405. The van der Waals surface area contributed by atoms with E-state index in [2.05, 4.69) is 32.5 Å². The van der Waals surface area contributed by atoms with Crippen molar-refractivity contribution < 1.29 is 0 Å². The third-order valence-electron chi connectivity index (χ3n) is 5.65. The smallest absolute Gasteiger partial charge is 0.296 e. The van der Waals surface area contributed by atoms with Crippen LogP contribution in [-0.2, 0) is 13.0 Å². The lowest BCUT2D eigenvalue weighted by atomic mass is 10.0. The van der Waals surface area contributed by atoms with Crippen molar-refractivity contribution >= 4 is 0 Å². The van der Waals surface area contributed by atoms with Gasteiger partial charge in [-0.25, -0.2) is 9.89 Å². The van der Waals surface area contributed by atoms with Crippen LogP contribution in [0, 0.1) is 0 Å². The number of nitrogens with zero attached hydrogens (tertiary/aromatic N) is 6. The van der Waals surface area contributed by atoms with Crippen LogP contribution < -0.4 is 5.69 Å². The number of imidazole rings is 1. The summed E-state index contributed by atoms with van der Waals surface area (Å²) in [5.41, 5.74) is 4.79. The zero-order chi connectivity index (χ0) is 22.5. The molecule has 0 fully saturated rings. The van der Waals surface area contributed by atoms with Gasteiger partial charge in [0.15, 0.2) is 5.82 Å². The SMILES string of the molecule is CCCCCc1cn(C(C)C)c(=O)n1Cc1ccc(-c2ccccc2-c2nnn[nH]2)nc1. The zero-order valence-corrected chi connectivity index (χ0v) is 18.8. The number of H-pyrrole nitrogens is 1. The summed E-state index contributed by atoms with van der Waals surface area (Å²) in [5, 5.41) is 14.2. The van der Waals surface area contributed by atoms with E-state index in [1.54, 1.807) is 0 Å². The fourth-order valence-electron chi connectivity index (χ4n) is 3.89. The van der Waals surface area contributed by atoms with E-state index in [9.17, 15) is 4.79 Å². The maximum Gasteiger partial charge on any atom is 0.328 e. The third-order valence-corrected chi connectivity index (χ3v) is 5.65. The van der Waals surface area contributed by atoms with Gasteiger partial charge in [0.2, 0.25) is 0 Å². The quantitative estimate of drug-likeness (QED) is 0.400. The standard InChI is InChI=1S/C24H29N7O/c1-4-5-6-9-19-16-30(17(2)3)24(32)31(19)15-18-12-13-22(25-14-18)20-10-7-8-11-21(20)23-26-28-29-27-23/h7-8,10-14,16-17H,4-6,9,15H2,1-3H3,(H,26,27,28,29). The van der Waals surface area contributed by atoms with Crippen molar-refractivity contribution in [3.8, 4) is 22.6 Å². The van der Waals surface area contributed by atoms with Crippen LogP contribution in [0.2, 0.25) is 0 Å². The number of aryl methyl sites for hydroxylation is 1. The van der Waals surface area contributed by atoms with E-state index in [1.165, 1.54) is 0 Å². The summed E-state index contributed by atoms with van der Waals surface area (Å²) in [6.45, 7) is 6.79. The molecular formula is C24H29N7O. The maximum absolute atomic E-state index is 13.0. The van der Waals surface area contributed by atoms with Gasteiger partial charge in [0, 0.05) is 35.3 Å². The van der Waals surface area contributed by atoms with Crippen molar-refractivity contribution in [1.82, 2.24) is 34.7 Å². The highest BCUT2D eigenvalue weighted by Gasteiger charge is 2.15. The molecule has 1 aromatic carbocycles. The molecule has 8 heteroatoms. The Morgan fingerprint density at radius 2 is 1.88 bits per heavy atom. The molecule has 4 rings (SSSR count). The molecule has 0 radical (unpaired) electrons. The molecule has 0 aliphatic heterocycles. The summed E-state index contributed by atoms with van der Waals surface area (Å²) in [7, 11) is 0. The van der Waals surface area contributed by atoms with Gasteiger partial charge in [-0.2, -0.15) is 0 Å². The first-order valence-corrected chi connectivity index (χ1v) is 11.2. The number of aromatic nitrogens is 7. The van der Waals surface area contributed by atoms with Gasteiger partial charge < -0.3 is 0 Å². The van der Waals surface area contributed by atoms with Crippen molar-refractivity contribution in [2.75, 3.05) is 0 Å². The highest BCUT2D eigenvalue weighted by atomic mass is 16.1. The largest absolute Gasteiger partial charge is 0.328 e. The summed E-state index contributed by atoms with van der Waals surface area (Å²) in [6, 6.07) is 12.0. The topological polar surface area (TPSA) is 94.3 Å². The molecular weight excluding hydrogens is 402 g/mol. The Hall–Kier alpha value is -3.55. The van der Waals surface area contributed by atoms with Gasteiger partial charge in [-0.05, 0) is 48.7 Å². The number of nitrogens with one attached hydrogen (secondary N) is 1. The predicted octanol–water partition coefficient (Wildman–Crippen LogP) is 4.25. The normalized spacial score (nSPS) is 11.4. The molecule has 0 saturated heterocycles. The maximum atomic E-state index is 13.0. The second kappa shape index (κ2) is 9.72. The average Bonchev–Trinajstić information content (AvgIpc) is 3.44. The third kappa shape index (κ3) is 4.54. The minimum Gasteiger partial charge on any atom is -0.296 e. The molecule has 3 heterocycles. The van der Waals surface area contributed by atoms with Crippen LogP contribution in [-0.4, -0.2) is 34.7 Å². The van der Waals surface area contributed by atoms with Crippen LogP contribution in [0.15, 0.2) is 53.6 Å². The molecule has 3 aromatic heterocycles. The van der Waals surface area contributed by atoms with E-state index in [0.717, 1.165) is 53.8 Å². The first kappa shape index (κ1) is 21.7. The number of pyridine rings is 1. The van der Waals surface area contributed by atoms with Crippen LogP contribution in [0.3, 0.4) is 0 Å². The van der Waals surface area contributed by atoms with Crippen LogP contribution in [0.25, 0.3) is 22.6 Å².